The van der Waals surface area contributed by atoms with E-state index >= 15 is 0 Å². The number of amides is 4. The number of hydrazone groups is 2. The van der Waals surface area contributed by atoms with Gasteiger partial charge in [-0.1, -0.05) is 26.7 Å². The molecule has 0 bridgehead atoms. The van der Waals surface area contributed by atoms with Crippen molar-refractivity contribution in [2.45, 2.75) is 53.4 Å². The summed E-state index contributed by atoms with van der Waals surface area (Å²) in [6.07, 6.45) is 3.82. The highest BCUT2D eigenvalue weighted by Crippen LogP contribution is 2.08. The zero-order valence-corrected chi connectivity index (χ0v) is 13.8. The lowest BCUT2D eigenvalue weighted by Crippen LogP contribution is -2.48. The van der Waals surface area contributed by atoms with Crippen molar-refractivity contribution in [1.82, 2.24) is 20.7 Å². The standard InChI is InChI=1S/C14H26N6O2/c1-5-7-9-15-13(21)19-11(3)18-20(12(4)17-19)14(22)16-10-8-6-2/h5-10H2,1-4H3,(H,15,21)(H,16,22). The third kappa shape index (κ3) is 5.01. The number of carbonyl (C=O) groups is 2. The summed E-state index contributed by atoms with van der Waals surface area (Å²) in [6.45, 7) is 8.57. The van der Waals surface area contributed by atoms with Crippen molar-refractivity contribution >= 4 is 23.7 Å². The van der Waals surface area contributed by atoms with Gasteiger partial charge >= 0.3 is 12.1 Å². The van der Waals surface area contributed by atoms with Crippen LogP contribution in [-0.2, 0) is 0 Å². The van der Waals surface area contributed by atoms with Gasteiger partial charge in [-0.25, -0.2) is 9.59 Å². The normalized spacial score (nSPS) is 14.4. The van der Waals surface area contributed by atoms with Crippen LogP contribution >= 0.6 is 0 Å². The van der Waals surface area contributed by atoms with Crippen molar-refractivity contribution in [1.29, 1.82) is 0 Å². The summed E-state index contributed by atoms with van der Waals surface area (Å²) in [5.74, 6) is 0.704. The molecule has 0 radical (unpaired) electrons. The maximum atomic E-state index is 12.0. The van der Waals surface area contributed by atoms with Gasteiger partial charge in [-0.15, -0.1) is 10.2 Å². The summed E-state index contributed by atoms with van der Waals surface area (Å²) < 4.78 is 0. The van der Waals surface area contributed by atoms with Crippen LogP contribution in [0.25, 0.3) is 0 Å². The molecule has 0 saturated heterocycles. The van der Waals surface area contributed by atoms with E-state index < -0.39 is 0 Å². The van der Waals surface area contributed by atoms with Crippen LogP contribution in [0.1, 0.15) is 53.4 Å². The van der Waals surface area contributed by atoms with Gasteiger partial charge in [0.1, 0.15) is 0 Å². The van der Waals surface area contributed by atoms with Crippen LogP contribution in [0.15, 0.2) is 10.2 Å². The highest BCUT2D eigenvalue weighted by molar-refractivity contribution is 6.04. The summed E-state index contributed by atoms with van der Waals surface area (Å²) in [5, 5.41) is 16.2. The summed E-state index contributed by atoms with van der Waals surface area (Å²) in [5.41, 5.74) is 0. The molecule has 22 heavy (non-hydrogen) atoms. The molecule has 0 aliphatic carbocycles. The van der Waals surface area contributed by atoms with Gasteiger partial charge in [0.05, 0.1) is 0 Å². The average Bonchev–Trinajstić information content (AvgIpc) is 2.49. The Bertz CT molecular complexity index is 418. The summed E-state index contributed by atoms with van der Waals surface area (Å²) >= 11 is 0. The number of rotatable bonds is 6. The lowest BCUT2D eigenvalue weighted by atomic mass is 10.3. The number of urea groups is 2. The lowest BCUT2D eigenvalue weighted by Gasteiger charge is -2.27. The Kier molecular flexibility index (Phi) is 7.34. The first-order valence-corrected chi connectivity index (χ1v) is 7.77. The topological polar surface area (TPSA) is 89.4 Å². The van der Waals surface area contributed by atoms with Crippen LogP contribution in [0.3, 0.4) is 0 Å². The van der Waals surface area contributed by atoms with E-state index in [1.807, 2.05) is 0 Å². The van der Waals surface area contributed by atoms with Crippen molar-refractivity contribution in [3.63, 3.8) is 0 Å². The van der Waals surface area contributed by atoms with Gasteiger partial charge in [-0.2, -0.15) is 10.0 Å². The minimum absolute atomic E-state index is 0.333. The Hall–Kier alpha value is -2.12. The summed E-state index contributed by atoms with van der Waals surface area (Å²) in [6, 6.07) is -0.666. The van der Waals surface area contributed by atoms with E-state index in [2.05, 4.69) is 34.7 Å². The molecule has 0 saturated carbocycles. The van der Waals surface area contributed by atoms with E-state index in [1.54, 1.807) is 13.8 Å². The maximum Gasteiger partial charge on any atom is 0.343 e. The minimum Gasteiger partial charge on any atom is -0.336 e. The molecule has 0 spiro atoms. The van der Waals surface area contributed by atoms with Crippen LogP contribution in [0, 0.1) is 0 Å². The fourth-order valence-corrected chi connectivity index (χ4v) is 1.80. The van der Waals surface area contributed by atoms with Crippen LogP contribution in [-0.4, -0.2) is 46.8 Å². The SMILES string of the molecule is CCCCNC(=O)N1N=C(C)N(C(=O)NCCCC)N=C1C. The molecule has 0 atom stereocenters. The van der Waals surface area contributed by atoms with Crippen LogP contribution in [0.2, 0.25) is 0 Å². The molecule has 1 aliphatic heterocycles. The highest BCUT2D eigenvalue weighted by atomic mass is 16.2. The zero-order valence-electron chi connectivity index (χ0n) is 13.8. The monoisotopic (exact) mass is 310 g/mol. The lowest BCUT2D eigenvalue weighted by molar-refractivity contribution is 0.210. The molecule has 1 aliphatic rings. The largest absolute Gasteiger partial charge is 0.343 e. The van der Waals surface area contributed by atoms with Crippen molar-refractivity contribution < 1.29 is 9.59 Å². The second-order valence-corrected chi connectivity index (χ2v) is 5.09. The highest BCUT2D eigenvalue weighted by Gasteiger charge is 2.26. The maximum absolute atomic E-state index is 12.0. The van der Waals surface area contributed by atoms with Crippen molar-refractivity contribution in [3.8, 4) is 0 Å². The molecule has 8 heteroatoms. The van der Waals surface area contributed by atoms with E-state index in [0.717, 1.165) is 25.7 Å². The molecule has 0 aromatic heterocycles. The number of nitrogens with one attached hydrogen (secondary N) is 2. The Morgan fingerprint density at radius 2 is 1.23 bits per heavy atom. The molecule has 0 fully saturated rings. The minimum atomic E-state index is -0.333. The van der Waals surface area contributed by atoms with E-state index in [4.69, 9.17) is 0 Å². The Labute approximate surface area is 131 Å². The first-order chi connectivity index (χ1) is 10.5. The second-order valence-electron chi connectivity index (χ2n) is 5.09. The third-order valence-electron chi connectivity index (χ3n) is 3.10. The molecule has 0 aromatic rings. The first kappa shape index (κ1) is 17.9. The molecule has 1 heterocycles. The molecule has 124 valence electrons. The van der Waals surface area contributed by atoms with E-state index in [0.29, 0.717) is 24.8 Å². The van der Waals surface area contributed by atoms with Crippen molar-refractivity contribution in [2.75, 3.05) is 13.1 Å². The predicted octanol–water partition coefficient (Wildman–Crippen LogP) is 2.29. The van der Waals surface area contributed by atoms with Crippen LogP contribution in [0.4, 0.5) is 9.59 Å². The Morgan fingerprint density at radius 3 is 1.55 bits per heavy atom. The van der Waals surface area contributed by atoms with Gasteiger partial charge in [-0.3, -0.25) is 0 Å². The van der Waals surface area contributed by atoms with E-state index in [1.165, 1.54) is 10.0 Å². The fourth-order valence-electron chi connectivity index (χ4n) is 1.80. The number of hydrogen-bond donors (Lipinski definition) is 2. The zero-order chi connectivity index (χ0) is 16.5. The van der Waals surface area contributed by atoms with Gasteiger partial charge in [0.25, 0.3) is 0 Å². The molecule has 1 rings (SSSR count). The smallest absolute Gasteiger partial charge is 0.336 e. The molecular formula is C14H26N6O2. The van der Waals surface area contributed by atoms with Gasteiger partial charge < -0.3 is 10.6 Å². The molecule has 0 unspecified atom stereocenters. The summed E-state index contributed by atoms with van der Waals surface area (Å²) in [4.78, 5) is 24.0. The number of hydrogen-bond acceptors (Lipinski definition) is 4. The quantitative estimate of drug-likeness (QED) is 0.737. The Balaban J connectivity index is 2.65. The number of unbranched alkanes of at least 4 members (excludes halogenated alkanes) is 2. The first-order valence-electron chi connectivity index (χ1n) is 7.77. The van der Waals surface area contributed by atoms with Gasteiger partial charge in [0.15, 0.2) is 11.7 Å². The van der Waals surface area contributed by atoms with Crippen molar-refractivity contribution in [3.05, 3.63) is 0 Å². The predicted molar refractivity (Wildman–Crippen MR) is 86.5 cm³/mol. The van der Waals surface area contributed by atoms with Crippen LogP contribution in [0.5, 0.6) is 0 Å². The van der Waals surface area contributed by atoms with Gasteiger partial charge in [-0.05, 0) is 26.7 Å². The summed E-state index contributed by atoms with van der Waals surface area (Å²) in [7, 11) is 0. The second kappa shape index (κ2) is 9.01. The van der Waals surface area contributed by atoms with Gasteiger partial charge in [0, 0.05) is 13.1 Å². The fraction of sp³-hybridized carbons (Fsp3) is 0.714. The molecular weight excluding hydrogens is 284 g/mol. The molecule has 2 N–H and O–H groups in total. The number of amidine groups is 2. The number of nitrogens with zero attached hydrogens (tertiary/aromatic N) is 4. The molecule has 8 nitrogen and oxygen atoms in total. The third-order valence-corrected chi connectivity index (χ3v) is 3.10. The Morgan fingerprint density at radius 1 is 0.864 bits per heavy atom. The average molecular weight is 310 g/mol. The molecule has 4 amide bonds. The van der Waals surface area contributed by atoms with E-state index in [9.17, 15) is 9.59 Å². The van der Waals surface area contributed by atoms with Crippen LogP contribution < -0.4 is 10.6 Å². The molecule has 0 aromatic carbocycles. The van der Waals surface area contributed by atoms with E-state index in [-0.39, 0.29) is 12.1 Å². The van der Waals surface area contributed by atoms with Crippen molar-refractivity contribution in [2.24, 2.45) is 10.2 Å². The van der Waals surface area contributed by atoms with Gasteiger partial charge in [0.2, 0.25) is 0 Å². The number of carbonyl (C=O) groups excluding carboxylic acids is 2.